The van der Waals surface area contributed by atoms with Crippen molar-refractivity contribution in [2.45, 2.75) is 25.8 Å². The molecule has 0 bridgehead atoms. The van der Waals surface area contributed by atoms with Gasteiger partial charge in [-0.3, -0.25) is 4.90 Å². The minimum Gasteiger partial charge on any atom is -0.354 e. The Hall–Kier alpha value is -2.40. The molecule has 0 atom stereocenters. The number of aryl methyl sites for hydroxylation is 1. The third-order valence-electron chi connectivity index (χ3n) is 4.92. The van der Waals surface area contributed by atoms with Crippen LogP contribution < -0.4 is 10.2 Å². The summed E-state index contributed by atoms with van der Waals surface area (Å²) in [4.78, 5) is 14.1. The molecule has 1 saturated carbocycles. The lowest BCUT2D eigenvalue weighted by molar-refractivity contribution is 0.283. The summed E-state index contributed by atoms with van der Waals surface area (Å²) in [5.41, 5.74) is 2.30. The summed E-state index contributed by atoms with van der Waals surface area (Å²) in [6.45, 7) is 7.20. The van der Waals surface area contributed by atoms with E-state index in [1.165, 1.54) is 18.4 Å². The van der Waals surface area contributed by atoms with E-state index in [0.717, 1.165) is 50.2 Å². The second kappa shape index (κ2) is 7.87. The van der Waals surface area contributed by atoms with Gasteiger partial charge in [-0.1, -0.05) is 42.5 Å². The van der Waals surface area contributed by atoms with Gasteiger partial charge in [-0.05, 0) is 25.3 Å². The Morgan fingerprint density at radius 3 is 2.58 bits per heavy atom. The molecule has 136 valence electrons. The van der Waals surface area contributed by atoms with Crippen LogP contribution in [0.3, 0.4) is 0 Å². The zero-order valence-corrected chi connectivity index (χ0v) is 15.4. The number of aromatic nitrogens is 2. The molecule has 5 heteroatoms. The number of benzene rings is 1. The van der Waals surface area contributed by atoms with E-state index in [-0.39, 0.29) is 0 Å². The van der Waals surface area contributed by atoms with Gasteiger partial charge in [-0.2, -0.15) is 4.98 Å². The Kier molecular flexibility index (Phi) is 5.16. The topological polar surface area (TPSA) is 44.3 Å². The lowest BCUT2D eigenvalue weighted by Gasteiger charge is -2.35. The number of nitrogens with one attached hydrogen (secondary N) is 1. The Balaban J connectivity index is 1.30. The van der Waals surface area contributed by atoms with Crippen molar-refractivity contribution in [2.24, 2.45) is 0 Å². The van der Waals surface area contributed by atoms with Crippen LogP contribution in [0.2, 0.25) is 0 Å². The highest BCUT2D eigenvalue weighted by molar-refractivity contribution is 5.49. The fraction of sp³-hybridized carbons (Fsp3) is 0.429. The molecule has 2 aliphatic rings. The molecule has 1 saturated heterocycles. The molecule has 4 rings (SSSR count). The molecule has 1 aliphatic heterocycles. The van der Waals surface area contributed by atoms with E-state index in [9.17, 15) is 0 Å². The number of anilines is 2. The fourth-order valence-electron chi connectivity index (χ4n) is 3.25. The lowest BCUT2D eigenvalue weighted by atomic mass is 10.2. The smallest absolute Gasteiger partial charge is 0.225 e. The van der Waals surface area contributed by atoms with E-state index in [1.54, 1.807) is 0 Å². The van der Waals surface area contributed by atoms with Crippen LogP contribution in [0.15, 0.2) is 42.5 Å². The van der Waals surface area contributed by atoms with Gasteiger partial charge in [0.15, 0.2) is 0 Å². The van der Waals surface area contributed by atoms with Crippen molar-refractivity contribution in [2.75, 3.05) is 42.9 Å². The van der Waals surface area contributed by atoms with Crippen molar-refractivity contribution < 1.29 is 0 Å². The van der Waals surface area contributed by atoms with Crippen LogP contribution in [0.4, 0.5) is 11.8 Å². The molecule has 0 amide bonds. The minimum absolute atomic E-state index is 0.581. The van der Waals surface area contributed by atoms with Gasteiger partial charge in [0.1, 0.15) is 5.82 Å². The van der Waals surface area contributed by atoms with Gasteiger partial charge in [-0.15, -0.1) is 0 Å². The van der Waals surface area contributed by atoms with Crippen LogP contribution in [0, 0.1) is 6.92 Å². The van der Waals surface area contributed by atoms with Crippen molar-refractivity contribution in [1.82, 2.24) is 14.9 Å². The van der Waals surface area contributed by atoms with E-state index in [4.69, 9.17) is 4.98 Å². The normalized spacial score (nSPS) is 18.4. The van der Waals surface area contributed by atoms with Gasteiger partial charge < -0.3 is 10.2 Å². The summed E-state index contributed by atoms with van der Waals surface area (Å²) in [7, 11) is 0. The maximum atomic E-state index is 4.74. The van der Waals surface area contributed by atoms with E-state index >= 15 is 0 Å². The first-order valence-electron chi connectivity index (χ1n) is 9.57. The summed E-state index contributed by atoms with van der Waals surface area (Å²) >= 11 is 0. The Morgan fingerprint density at radius 1 is 1.08 bits per heavy atom. The standard InChI is InChI=1S/C21H27N5/c1-17-16-20(24-21(22-17)23-19-9-10-19)26-14-12-25(13-15-26)11-5-8-18-6-3-2-4-7-18/h2-8,16,19H,9-15H2,1H3,(H,22,23,24)/b8-5+. The zero-order chi connectivity index (χ0) is 17.8. The number of hydrogen-bond donors (Lipinski definition) is 1. The van der Waals surface area contributed by atoms with Gasteiger partial charge in [0.2, 0.25) is 5.95 Å². The van der Waals surface area contributed by atoms with Crippen molar-refractivity contribution in [3.63, 3.8) is 0 Å². The van der Waals surface area contributed by atoms with E-state index < -0.39 is 0 Å². The molecule has 0 spiro atoms. The molecule has 0 radical (unpaired) electrons. The first-order valence-corrected chi connectivity index (χ1v) is 9.57. The Morgan fingerprint density at radius 2 is 1.85 bits per heavy atom. The molecule has 0 unspecified atom stereocenters. The molecule has 2 aromatic rings. The monoisotopic (exact) mass is 349 g/mol. The van der Waals surface area contributed by atoms with Gasteiger partial charge in [0.05, 0.1) is 0 Å². The van der Waals surface area contributed by atoms with Gasteiger partial charge in [0, 0.05) is 50.5 Å². The maximum Gasteiger partial charge on any atom is 0.225 e. The lowest BCUT2D eigenvalue weighted by Crippen LogP contribution is -2.46. The molecule has 1 aromatic carbocycles. The van der Waals surface area contributed by atoms with E-state index in [0.29, 0.717) is 6.04 Å². The number of hydrogen-bond acceptors (Lipinski definition) is 5. The summed E-state index contributed by atoms with van der Waals surface area (Å²) in [5.74, 6) is 1.84. The molecular weight excluding hydrogens is 322 g/mol. The van der Waals surface area contributed by atoms with Crippen LogP contribution in [-0.4, -0.2) is 53.6 Å². The first-order chi connectivity index (χ1) is 12.8. The predicted molar refractivity (Wildman–Crippen MR) is 108 cm³/mol. The first kappa shape index (κ1) is 17.0. The second-order valence-electron chi connectivity index (χ2n) is 7.21. The zero-order valence-electron chi connectivity index (χ0n) is 15.4. The largest absolute Gasteiger partial charge is 0.354 e. The molecular formula is C21H27N5. The predicted octanol–water partition coefficient (Wildman–Crippen LogP) is 3.19. The summed E-state index contributed by atoms with van der Waals surface area (Å²) < 4.78 is 0. The molecule has 1 aliphatic carbocycles. The van der Waals surface area contributed by atoms with Crippen LogP contribution in [0.1, 0.15) is 24.1 Å². The highest BCUT2D eigenvalue weighted by Crippen LogP contribution is 2.24. The number of piperazine rings is 1. The highest BCUT2D eigenvalue weighted by Gasteiger charge is 2.23. The van der Waals surface area contributed by atoms with Gasteiger partial charge >= 0.3 is 0 Å². The fourth-order valence-corrected chi connectivity index (χ4v) is 3.25. The minimum atomic E-state index is 0.581. The number of nitrogens with zero attached hydrogens (tertiary/aromatic N) is 4. The second-order valence-corrected chi connectivity index (χ2v) is 7.21. The van der Waals surface area contributed by atoms with E-state index in [1.807, 2.05) is 6.92 Å². The van der Waals surface area contributed by atoms with Crippen molar-refractivity contribution >= 4 is 17.8 Å². The van der Waals surface area contributed by atoms with E-state index in [2.05, 4.69) is 68.7 Å². The Bertz CT molecular complexity index is 746. The molecule has 1 N–H and O–H groups in total. The quantitative estimate of drug-likeness (QED) is 0.868. The van der Waals surface area contributed by atoms with Crippen LogP contribution in [0.25, 0.3) is 6.08 Å². The average molecular weight is 349 g/mol. The molecule has 26 heavy (non-hydrogen) atoms. The average Bonchev–Trinajstić information content (AvgIpc) is 3.47. The third-order valence-corrected chi connectivity index (χ3v) is 4.92. The van der Waals surface area contributed by atoms with Crippen molar-refractivity contribution in [3.8, 4) is 0 Å². The molecule has 2 fully saturated rings. The Labute approximate surface area is 155 Å². The van der Waals surface area contributed by atoms with Crippen LogP contribution in [-0.2, 0) is 0 Å². The highest BCUT2D eigenvalue weighted by atomic mass is 15.3. The van der Waals surface area contributed by atoms with Gasteiger partial charge in [-0.25, -0.2) is 4.98 Å². The van der Waals surface area contributed by atoms with Crippen LogP contribution in [0.5, 0.6) is 0 Å². The number of rotatable bonds is 6. The summed E-state index contributed by atoms with van der Waals surface area (Å²) in [6.07, 6.45) is 6.94. The van der Waals surface area contributed by atoms with Crippen molar-refractivity contribution in [3.05, 3.63) is 53.7 Å². The van der Waals surface area contributed by atoms with Crippen molar-refractivity contribution in [1.29, 1.82) is 0 Å². The van der Waals surface area contributed by atoms with Gasteiger partial charge in [0.25, 0.3) is 0 Å². The summed E-state index contributed by atoms with van der Waals surface area (Å²) in [5, 5.41) is 3.42. The molecule has 5 nitrogen and oxygen atoms in total. The SMILES string of the molecule is Cc1cc(N2CCN(C/C=C/c3ccccc3)CC2)nc(NC2CC2)n1. The summed E-state index contributed by atoms with van der Waals surface area (Å²) in [6, 6.07) is 13.2. The maximum absolute atomic E-state index is 4.74. The van der Waals surface area contributed by atoms with Crippen LogP contribution >= 0.6 is 0 Å². The molecule has 2 heterocycles. The molecule has 1 aromatic heterocycles. The third kappa shape index (κ3) is 4.61.